The number of nitrogens with one attached hydrogen (secondary N) is 1. The van der Waals surface area contributed by atoms with Crippen molar-refractivity contribution in [1.29, 1.82) is 0 Å². The smallest absolute Gasteiger partial charge is 0.250 e. The summed E-state index contributed by atoms with van der Waals surface area (Å²) in [4.78, 5) is 11.4. The van der Waals surface area contributed by atoms with Gasteiger partial charge in [-0.3, -0.25) is 4.79 Å². The third-order valence-corrected chi connectivity index (χ3v) is 2.90. The zero-order chi connectivity index (χ0) is 13.8. The maximum absolute atomic E-state index is 11.4. The number of nitrogens with two attached hydrogens (primary N) is 2. The van der Waals surface area contributed by atoms with E-state index in [1.54, 1.807) is 6.07 Å². The summed E-state index contributed by atoms with van der Waals surface area (Å²) in [6.45, 7) is 2.59. The summed E-state index contributed by atoms with van der Waals surface area (Å²) in [5, 5.41) is 3.23. The second-order valence-corrected chi connectivity index (χ2v) is 4.51. The predicted octanol–water partition coefficient (Wildman–Crippen LogP) is 2.29. The number of aryl methyl sites for hydroxylation is 1. The molecule has 0 fully saturated rings. The maximum atomic E-state index is 11.4. The van der Waals surface area contributed by atoms with Gasteiger partial charge in [0.1, 0.15) is 0 Å². The molecule has 19 heavy (non-hydrogen) atoms. The number of rotatable bonds is 4. The average Bonchev–Trinajstić information content (AvgIpc) is 2.38. The molecule has 0 heterocycles. The number of nitrogen functional groups attached to an aromatic ring is 1. The Balaban J connectivity index is 2.16. The molecule has 0 atom stereocenters. The zero-order valence-electron chi connectivity index (χ0n) is 10.8. The first kappa shape index (κ1) is 13.0. The molecular formula is C15H17N3O. The minimum absolute atomic E-state index is 0.431. The van der Waals surface area contributed by atoms with Gasteiger partial charge < -0.3 is 16.8 Å². The van der Waals surface area contributed by atoms with Crippen molar-refractivity contribution < 1.29 is 4.79 Å². The Morgan fingerprint density at radius 2 is 1.84 bits per heavy atom. The summed E-state index contributed by atoms with van der Waals surface area (Å²) in [5.74, 6) is -0.431. The molecule has 0 saturated heterocycles. The van der Waals surface area contributed by atoms with E-state index in [4.69, 9.17) is 11.5 Å². The highest BCUT2D eigenvalue weighted by molar-refractivity contribution is 5.98. The molecule has 0 aliphatic carbocycles. The van der Waals surface area contributed by atoms with Gasteiger partial charge in [0.25, 0.3) is 5.91 Å². The van der Waals surface area contributed by atoms with E-state index in [-0.39, 0.29) is 0 Å². The summed E-state index contributed by atoms with van der Waals surface area (Å²) in [5.41, 5.74) is 15.1. The van der Waals surface area contributed by atoms with Crippen LogP contribution in [0.4, 0.5) is 11.4 Å². The summed E-state index contributed by atoms with van der Waals surface area (Å²) in [6.07, 6.45) is 0. The number of hydrogen-bond acceptors (Lipinski definition) is 3. The fourth-order valence-corrected chi connectivity index (χ4v) is 1.85. The minimum atomic E-state index is -0.431. The number of carbonyl (C=O) groups excluding carboxylic acids is 1. The van der Waals surface area contributed by atoms with Gasteiger partial charge in [-0.2, -0.15) is 0 Å². The molecular weight excluding hydrogens is 238 g/mol. The number of hydrogen-bond donors (Lipinski definition) is 3. The lowest BCUT2D eigenvalue weighted by Crippen LogP contribution is -2.14. The normalized spacial score (nSPS) is 10.2. The molecule has 0 saturated carbocycles. The second kappa shape index (κ2) is 5.44. The van der Waals surface area contributed by atoms with Crippen LogP contribution in [0.2, 0.25) is 0 Å². The lowest BCUT2D eigenvalue weighted by Gasteiger charge is -2.11. The van der Waals surface area contributed by atoms with E-state index in [0.29, 0.717) is 12.1 Å². The summed E-state index contributed by atoms with van der Waals surface area (Å²) < 4.78 is 0. The van der Waals surface area contributed by atoms with Crippen molar-refractivity contribution in [1.82, 2.24) is 0 Å². The van der Waals surface area contributed by atoms with Crippen molar-refractivity contribution in [2.45, 2.75) is 13.5 Å². The Hall–Kier alpha value is -2.49. The van der Waals surface area contributed by atoms with Crippen molar-refractivity contribution in [3.05, 3.63) is 59.2 Å². The first-order chi connectivity index (χ1) is 9.06. The third kappa shape index (κ3) is 3.25. The molecule has 2 rings (SSSR count). The highest BCUT2D eigenvalue weighted by atomic mass is 16.1. The first-order valence-electron chi connectivity index (χ1n) is 6.05. The van der Waals surface area contributed by atoms with Crippen molar-refractivity contribution >= 4 is 17.3 Å². The van der Waals surface area contributed by atoms with Crippen LogP contribution >= 0.6 is 0 Å². The molecule has 5 N–H and O–H groups in total. The van der Waals surface area contributed by atoms with Crippen LogP contribution in [0.25, 0.3) is 0 Å². The van der Waals surface area contributed by atoms with E-state index in [9.17, 15) is 4.79 Å². The Morgan fingerprint density at radius 1 is 1.16 bits per heavy atom. The van der Waals surface area contributed by atoms with Crippen LogP contribution in [0, 0.1) is 6.92 Å². The topological polar surface area (TPSA) is 81.1 Å². The number of amides is 1. The molecule has 1 amide bonds. The van der Waals surface area contributed by atoms with Crippen LogP contribution in [0.5, 0.6) is 0 Å². The molecule has 4 heteroatoms. The highest BCUT2D eigenvalue weighted by Gasteiger charge is 2.07. The van der Waals surface area contributed by atoms with Crippen LogP contribution in [-0.4, -0.2) is 5.91 Å². The number of benzene rings is 2. The molecule has 0 aromatic heterocycles. The second-order valence-electron chi connectivity index (χ2n) is 4.51. The van der Waals surface area contributed by atoms with Gasteiger partial charge in [0.15, 0.2) is 0 Å². The van der Waals surface area contributed by atoms with Gasteiger partial charge in [-0.25, -0.2) is 0 Å². The van der Waals surface area contributed by atoms with Gasteiger partial charge in [-0.15, -0.1) is 0 Å². The monoisotopic (exact) mass is 255 g/mol. The van der Waals surface area contributed by atoms with Gasteiger partial charge in [-0.1, -0.05) is 18.2 Å². The molecule has 0 bridgehead atoms. The standard InChI is InChI=1S/C15H17N3O/c1-10-2-7-13(15(17)19)14(8-10)18-9-11-3-5-12(16)6-4-11/h2-8,18H,9,16H2,1H3,(H2,17,19). The molecule has 98 valence electrons. The fraction of sp³-hybridized carbons (Fsp3) is 0.133. The van der Waals surface area contributed by atoms with Crippen LogP contribution in [0.15, 0.2) is 42.5 Å². The van der Waals surface area contributed by atoms with Crippen LogP contribution in [-0.2, 0) is 6.54 Å². The van der Waals surface area contributed by atoms with Crippen LogP contribution in [0.1, 0.15) is 21.5 Å². The summed E-state index contributed by atoms with van der Waals surface area (Å²) >= 11 is 0. The Kier molecular flexibility index (Phi) is 3.71. The van der Waals surface area contributed by atoms with Crippen LogP contribution < -0.4 is 16.8 Å². The van der Waals surface area contributed by atoms with Gasteiger partial charge in [-0.05, 0) is 42.3 Å². The van der Waals surface area contributed by atoms with E-state index in [0.717, 1.165) is 22.5 Å². The van der Waals surface area contributed by atoms with Gasteiger partial charge in [0, 0.05) is 17.9 Å². The molecule has 2 aromatic rings. The van der Waals surface area contributed by atoms with Gasteiger partial charge in [0.2, 0.25) is 0 Å². The largest absolute Gasteiger partial charge is 0.399 e. The maximum Gasteiger partial charge on any atom is 0.250 e. The molecule has 2 aromatic carbocycles. The number of anilines is 2. The van der Waals surface area contributed by atoms with E-state index < -0.39 is 5.91 Å². The Labute approximate surface area is 112 Å². The SMILES string of the molecule is Cc1ccc(C(N)=O)c(NCc2ccc(N)cc2)c1. The zero-order valence-corrected chi connectivity index (χ0v) is 10.8. The highest BCUT2D eigenvalue weighted by Crippen LogP contribution is 2.18. The number of carbonyl (C=O) groups is 1. The lowest BCUT2D eigenvalue weighted by molar-refractivity contribution is 0.100. The number of primary amides is 1. The molecule has 0 aliphatic heterocycles. The molecule has 0 unspecified atom stereocenters. The van der Waals surface area contributed by atoms with E-state index >= 15 is 0 Å². The van der Waals surface area contributed by atoms with Crippen molar-refractivity contribution in [2.24, 2.45) is 5.73 Å². The quantitative estimate of drug-likeness (QED) is 0.733. The lowest BCUT2D eigenvalue weighted by atomic mass is 10.1. The van der Waals surface area contributed by atoms with E-state index in [1.807, 2.05) is 43.3 Å². The minimum Gasteiger partial charge on any atom is -0.399 e. The summed E-state index contributed by atoms with van der Waals surface area (Å²) in [6, 6.07) is 13.1. The summed E-state index contributed by atoms with van der Waals surface area (Å²) in [7, 11) is 0. The average molecular weight is 255 g/mol. The van der Waals surface area contributed by atoms with Gasteiger partial charge >= 0.3 is 0 Å². The van der Waals surface area contributed by atoms with Crippen molar-refractivity contribution in [3.63, 3.8) is 0 Å². The van der Waals surface area contributed by atoms with E-state index in [1.165, 1.54) is 0 Å². The Bertz CT molecular complexity index is 591. The van der Waals surface area contributed by atoms with Crippen molar-refractivity contribution in [2.75, 3.05) is 11.1 Å². The van der Waals surface area contributed by atoms with Gasteiger partial charge in [0.05, 0.1) is 5.56 Å². The first-order valence-corrected chi connectivity index (χ1v) is 6.05. The van der Waals surface area contributed by atoms with E-state index in [2.05, 4.69) is 5.32 Å². The Morgan fingerprint density at radius 3 is 2.47 bits per heavy atom. The third-order valence-electron chi connectivity index (χ3n) is 2.90. The van der Waals surface area contributed by atoms with Crippen LogP contribution in [0.3, 0.4) is 0 Å². The molecule has 4 nitrogen and oxygen atoms in total. The molecule has 0 spiro atoms. The predicted molar refractivity (Wildman–Crippen MR) is 77.9 cm³/mol. The molecule has 0 aliphatic rings. The fourth-order valence-electron chi connectivity index (χ4n) is 1.85. The molecule has 0 radical (unpaired) electrons. The van der Waals surface area contributed by atoms with Crippen molar-refractivity contribution in [3.8, 4) is 0 Å².